The minimum atomic E-state index is -4.74. The van der Waals surface area contributed by atoms with Gasteiger partial charge in [-0.15, -0.1) is 0 Å². The highest BCUT2D eigenvalue weighted by Crippen LogP contribution is 2.36. The number of hydrogen-bond donors (Lipinski definition) is 2. The van der Waals surface area contributed by atoms with Gasteiger partial charge in [0.25, 0.3) is 5.91 Å². The molecule has 0 radical (unpaired) electrons. The summed E-state index contributed by atoms with van der Waals surface area (Å²) in [7, 11) is 0. The van der Waals surface area contributed by atoms with Crippen molar-refractivity contribution in [1.29, 1.82) is 0 Å². The van der Waals surface area contributed by atoms with Crippen molar-refractivity contribution in [3.8, 4) is 0 Å². The normalized spacial score (nSPS) is 19.7. The Morgan fingerprint density at radius 3 is 2.43 bits per heavy atom. The Labute approximate surface area is 160 Å². The number of carbonyl (C=O) groups excluding carboxylic acids is 1. The van der Waals surface area contributed by atoms with E-state index >= 15 is 0 Å². The van der Waals surface area contributed by atoms with E-state index in [0.29, 0.717) is 12.1 Å². The van der Waals surface area contributed by atoms with Crippen molar-refractivity contribution < 1.29 is 31.1 Å². The fourth-order valence-corrected chi connectivity index (χ4v) is 3.47. The van der Waals surface area contributed by atoms with E-state index < -0.39 is 57.6 Å². The molecule has 1 aliphatic rings. The number of alkyl halides is 3. The Balaban J connectivity index is 1.86. The summed E-state index contributed by atoms with van der Waals surface area (Å²) in [4.78, 5) is 12.5. The second-order valence-electron chi connectivity index (χ2n) is 6.30. The molecule has 3 nitrogen and oxygen atoms in total. The fraction of sp³-hybridized carbons (Fsp3) is 0.278. The molecule has 0 aromatic heterocycles. The van der Waals surface area contributed by atoms with Crippen LogP contribution in [0.5, 0.6) is 0 Å². The summed E-state index contributed by atoms with van der Waals surface area (Å²) in [6, 6.07) is 3.27. The van der Waals surface area contributed by atoms with E-state index in [-0.39, 0.29) is 18.7 Å². The van der Waals surface area contributed by atoms with Gasteiger partial charge in [-0.2, -0.15) is 13.2 Å². The first-order valence-electron chi connectivity index (χ1n) is 8.11. The predicted octanol–water partition coefficient (Wildman–Crippen LogP) is 4.26. The van der Waals surface area contributed by atoms with E-state index in [2.05, 4.69) is 10.6 Å². The maximum absolute atomic E-state index is 14.1. The van der Waals surface area contributed by atoms with Gasteiger partial charge in [0.1, 0.15) is 5.82 Å². The van der Waals surface area contributed by atoms with Crippen LogP contribution in [0, 0.1) is 17.5 Å². The highest BCUT2D eigenvalue weighted by atomic mass is 35.5. The number of carbonyl (C=O) groups is 1. The molecule has 1 fully saturated rings. The Bertz CT molecular complexity index is 918. The van der Waals surface area contributed by atoms with Crippen molar-refractivity contribution >= 4 is 17.5 Å². The van der Waals surface area contributed by atoms with Crippen molar-refractivity contribution in [3.63, 3.8) is 0 Å². The zero-order chi connectivity index (χ0) is 20.6. The highest BCUT2D eigenvalue weighted by molar-refractivity contribution is 6.34. The summed E-state index contributed by atoms with van der Waals surface area (Å²) < 4.78 is 79.6. The molecular weight excluding hydrogens is 410 g/mol. The van der Waals surface area contributed by atoms with Crippen LogP contribution in [0.3, 0.4) is 0 Å². The van der Waals surface area contributed by atoms with E-state index in [1.54, 1.807) is 0 Å². The Morgan fingerprint density at radius 2 is 1.75 bits per heavy atom. The smallest absolute Gasteiger partial charge is 0.347 e. The number of rotatable bonds is 3. The molecule has 0 bridgehead atoms. The van der Waals surface area contributed by atoms with Gasteiger partial charge in [0, 0.05) is 31.1 Å². The zero-order valence-corrected chi connectivity index (χ0v) is 14.8. The van der Waals surface area contributed by atoms with Gasteiger partial charge in [-0.3, -0.25) is 4.79 Å². The summed E-state index contributed by atoms with van der Waals surface area (Å²) in [6.07, 6.45) is -4.74. The van der Waals surface area contributed by atoms with Gasteiger partial charge in [-0.05, 0) is 23.8 Å². The minimum absolute atomic E-state index is 0.149. The lowest BCUT2D eigenvalue weighted by atomic mass is 9.93. The van der Waals surface area contributed by atoms with Crippen LogP contribution in [-0.4, -0.2) is 25.0 Å². The van der Waals surface area contributed by atoms with Gasteiger partial charge >= 0.3 is 6.18 Å². The first kappa shape index (κ1) is 20.5. The molecule has 0 aliphatic carbocycles. The van der Waals surface area contributed by atoms with Crippen molar-refractivity contribution in [2.24, 2.45) is 0 Å². The Morgan fingerprint density at radius 1 is 1.07 bits per heavy atom. The Kier molecular flexibility index (Phi) is 5.58. The van der Waals surface area contributed by atoms with Crippen LogP contribution in [0.4, 0.5) is 26.3 Å². The van der Waals surface area contributed by atoms with Crippen molar-refractivity contribution in [2.75, 3.05) is 13.1 Å². The van der Waals surface area contributed by atoms with Gasteiger partial charge in [0.2, 0.25) is 0 Å². The second-order valence-corrected chi connectivity index (χ2v) is 6.68. The molecule has 1 aliphatic heterocycles. The van der Waals surface area contributed by atoms with Crippen LogP contribution in [0.2, 0.25) is 5.02 Å². The van der Waals surface area contributed by atoms with Crippen molar-refractivity contribution in [3.05, 3.63) is 69.5 Å². The van der Waals surface area contributed by atoms with E-state index in [4.69, 9.17) is 11.6 Å². The van der Waals surface area contributed by atoms with Crippen molar-refractivity contribution in [1.82, 2.24) is 10.6 Å². The monoisotopic (exact) mass is 422 g/mol. The third kappa shape index (κ3) is 3.95. The second kappa shape index (κ2) is 7.63. The number of nitrogens with one attached hydrogen (secondary N) is 2. The van der Waals surface area contributed by atoms with Gasteiger partial charge in [-0.1, -0.05) is 17.7 Å². The maximum Gasteiger partial charge on any atom is 0.417 e. The average molecular weight is 423 g/mol. The zero-order valence-electron chi connectivity index (χ0n) is 14.0. The van der Waals surface area contributed by atoms with Crippen LogP contribution in [-0.2, 0) is 6.18 Å². The number of hydrogen-bond acceptors (Lipinski definition) is 2. The lowest BCUT2D eigenvalue weighted by Crippen LogP contribution is -2.40. The molecule has 0 unspecified atom stereocenters. The molecule has 0 spiro atoms. The summed E-state index contributed by atoms with van der Waals surface area (Å²) in [5.74, 6) is -5.21. The van der Waals surface area contributed by atoms with Crippen LogP contribution in [0.25, 0.3) is 0 Å². The predicted molar refractivity (Wildman–Crippen MR) is 89.6 cm³/mol. The summed E-state index contributed by atoms with van der Waals surface area (Å²) in [5, 5.41) is 4.61. The molecule has 1 amide bonds. The highest BCUT2D eigenvalue weighted by Gasteiger charge is 2.36. The minimum Gasteiger partial charge on any atom is -0.347 e. The van der Waals surface area contributed by atoms with Gasteiger partial charge in [0.05, 0.1) is 16.1 Å². The van der Waals surface area contributed by atoms with Gasteiger partial charge in [0.15, 0.2) is 11.6 Å². The molecular formula is C18H13ClF6N2O. The summed E-state index contributed by atoms with van der Waals surface area (Å²) in [5.41, 5.74) is -1.70. The lowest BCUT2D eigenvalue weighted by molar-refractivity contribution is -0.137. The average Bonchev–Trinajstić information content (AvgIpc) is 3.05. The van der Waals surface area contributed by atoms with Crippen LogP contribution in [0.15, 0.2) is 30.3 Å². The molecule has 2 aromatic carbocycles. The number of amides is 1. The van der Waals surface area contributed by atoms with Crippen molar-refractivity contribution in [2.45, 2.75) is 18.1 Å². The van der Waals surface area contributed by atoms with E-state index in [1.807, 2.05) is 0 Å². The van der Waals surface area contributed by atoms with Gasteiger partial charge < -0.3 is 10.6 Å². The number of halogens is 7. The largest absolute Gasteiger partial charge is 0.417 e. The summed E-state index contributed by atoms with van der Waals surface area (Å²) in [6.45, 7) is 0.314. The fourth-order valence-electron chi connectivity index (χ4n) is 3.15. The molecule has 10 heteroatoms. The first-order valence-corrected chi connectivity index (χ1v) is 8.49. The SMILES string of the molecule is O=C(N[C@H]1CNC[C@@H]1c1cc(F)c(F)cc1F)c1cccc(C(F)(F)F)c1Cl. The molecule has 1 heterocycles. The maximum atomic E-state index is 14.1. The van der Waals surface area contributed by atoms with Crippen LogP contribution < -0.4 is 10.6 Å². The Hall–Kier alpha value is -2.26. The molecule has 2 aromatic rings. The first-order chi connectivity index (χ1) is 13.1. The molecule has 0 saturated carbocycles. The van der Waals surface area contributed by atoms with E-state index in [0.717, 1.165) is 18.2 Å². The standard InChI is InChI=1S/C18H13ClF6N2O/c19-16-8(2-1-3-11(16)18(23,24)25)17(28)27-15-7-26-6-10(15)9-4-13(21)14(22)5-12(9)20/h1-5,10,15,26H,6-7H2,(H,27,28)/t10-,15+/m1/s1. The van der Waals surface area contributed by atoms with Gasteiger partial charge in [-0.25, -0.2) is 13.2 Å². The molecule has 150 valence electrons. The molecule has 28 heavy (non-hydrogen) atoms. The third-order valence-corrected chi connectivity index (χ3v) is 4.93. The molecule has 2 atom stereocenters. The molecule has 2 N–H and O–H groups in total. The van der Waals surface area contributed by atoms with E-state index in [9.17, 15) is 31.1 Å². The van der Waals surface area contributed by atoms with Crippen LogP contribution >= 0.6 is 11.6 Å². The lowest BCUT2D eigenvalue weighted by Gasteiger charge is -2.22. The molecule has 1 saturated heterocycles. The van der Waals surface area contributed by atoms with Crippen LogP contribution in [0.1, 0.15) is 27.4 Å². The topological polar surface area (TPSA) is 41.1 Å². The summed E-state index contributed by atoms with van der Waals surface area (Å²) >= 11 is 5.74. The third-order valence-electron chi connectivity index (χ3n) is 4.52. The van der Waals surface area contributed by atoms with E-state index in [1.165, 1.54) is 0 Å². The quantitative estimate of drug-likeness (QED) is 0.573. The number of benzene rings is 2. The molecule has 3 rings (SSSR count).